The Hall–Kier alpha value is -2.38. The van der Waals surface area contributed by atoms with Crippen LogP contribution in [0.15, 0.2) is 44.8 Å². The summed E-state index contributed by atoms with van der Waals surface area (Å²) in [4.78, 5) is 20.2. The van der Waals surface area contributed by atoms with Crippen LogP contribution in [0.5, 0.6) is 0 Å². The van der Waals surface area contributed by atoms with Crippen LogP contribution in [0.25, 0.3) is 10.2 Å². The van der Waals surface area contributed by atoms with Crippen LogP contribution in [-0.4, -0.2) is 14.7 Å². The number of thioether (sulfide) groups is 1. The molecule has 4 aromatic rings. The van der Waals surface area contributed by atoms with Crippen LogP contribution in [-0.2, 0) is 12.3 Å². The Balaban J connectivity index is 1.81. The van der Waals surface area contributed by atoms with Crippen molar-refractivity contribution in [1.29, 1.82) is 0 Å². The maximum atomic E-state index is 13.4. The van der Waals surface area contributed by atoms with Gasteiger partial charge in [0.25, 0.3) is 5.56 Å². The first-order valence-electron chi connectivity index (χ1n) is 9.04. The molecule has 4 rings (SSSR count). The van der Waals surface area contributed by atoms with Gasteiger partial charge in [-0.05, 0) is 38.8 Å². The summed E-state index contributed by atoms with van der Waals surface area (Å²) >= 11 is 3.14. The second kappa shape index (κ2) is 7.56. The van der Waals surface area contributed by atoms with Crippen LogP contribution < -0.4 is 5.56 Å². The van der Waals surface area contributed by atoms with Crippen molar-refractivity contribution in [2.75, 3.05) is 0 Å². The quantitative estimate of drug-likeness (QED) is 0.341. The van der Waals surface area contributed by atoms with Crippen molar-refractivity contribution < 1.29 is 4.52 Å². The molecule has 0 atom stereocenters. The zero-order valence-electron chi connectivity index (χ0n) is 16.3. The van der Waals surface area contributed by atoms with Crippen molar-refractivity contribution in [3.63, 3.8) is 0 Å². The van der Waals surface area contributed by atoms with E-state index in [0.29, 0.717) is 12.3 Å². The molecule has 1 aromatic carbocycles. The van der Waals surface area contributed by atoms with Crippen LogP contribution in [0.4, 0.5) is 0 Å². The van der Waals surface area contributed by atoms with Crippen LogP contribution >= 0.6 is 23.1 Å². The van der Waals surface area contributed by atoms with Gasteiger partial charge in [0.1, 0.15) is 10.6 Å². The van der Waals surface area contributed by atoms with Gasteiger partial charge in [-0.3, -0.25) is 9.36 Å². The molecule has 0 unspecified atom stereocenters. The monoisotopic (exact) mass is 411 g/mol. The van der Waals surface area contributed by atoms with Crippen molar-refractivity contribution in [2.45, 2.75) is 45.1 Å². The first-order chi connectivity index (χ1) is 13.5. The molecular formula is C21H21N3O2S2. The number of hydrogen-bond acceptors (Lipinski definition) is 6. The SMILES string of the molecule is Cc1noc(C)c1CSc1nc2sc(C)c(C)c2c(=O)n1Cc1ccccc1. The van der Waals surface area contributed by atoms with E-state index in [-0.39, 0.29) is 5.56 Å². The van der Waals surface area contributed by atoms with Crippen molar-refractivity contribution in [2.24, 2.45) is 0 Å². The first-order valence-corrected chi connectivity index (χ1v) is 10.8. The third-order valence-corrected chi connectivity index (χ3v) is 7.07. The minimum absolute atomic E-state index is 0.0250. The van der Waals surface area contributed by atoms with E-state index in [1.807, 2.05) is 58.0 Å². The normalized spacial score (nSPS) is 11.4. The lowest BCUT2D eigenvalue weighted by molar-refractivity contribution is 0.392. The fraction of sp³-hybridized carbons (Fsp3) is 0.286. The highest BCUT2D eigenvalue weighted by Crippen LogP contribution is 2.30. The smallest absolute Gasteiger partial charge is 0.263 e. The molecule has 3 aromatic heterocycles. The van der Waals surface area contributed by atoms with Gasteiger partial charge in [0, 0.05) is 16.2 Å². The summed E-state index contributed by atoms with van der Waals surface area (Å²) in [5.41, 5.74) is 4.07. The number of rotatable bonds is 5. The molecule has 0 fully saturated rings. The molecule has 0 bridgehead atoms. The highest BCUT2D eigenvalue weighted by Gasteiger charge is 2.18. The summed E-state index contributed by atoms with van der Waals surface area (Å²) < 4.78 is 7.06. The molecule has 0 amide bonds. The highest BCUT2D eigenvalue weighted by atomic mass is 32.2. The Bertz CT molecular complexity index is 1190. The molecule has 0 aliphatic heterocycles. The predicted octanol–water partition coefficient (Wildman–Crippen LogP) is 5.02. The van der Waals surface area contributed by atoms with Crippen LogP contribution in [0, 0.1) is 27.7 Å². The topological polar surface area (TPSA) is 60.9 Å². The molecule has 7 heteroatoms. The maximum Gasteiger partial charge on any atom is 0.263 e. The molecule has 0 aliphatic carbocycles. The molecule has 0 N–H and O–H groups in total. The number of fused-ring (bicyclic) bond motifs is 1. The van der Waals surface area contributed by atoms with Gasteiger partial charge in [-0.25, -0.2) is 4.98 Å². The summed E-state index contributed by atoms with van der Waals surface area (Å²) in [6.45, 7) is 8.39. The number of aryl methyl sites for hydroxylation is 4. The molecule has 0 aliphatic rings. The number of thiophene rings is 1. The van der Waals surface area contributed by atoms with Crippen molar-refractivity contribution >= 4 is 33.3 Å². The Kier molecular flexibility index (Phi) is 5.12. The lowest BCUT2D eigenvalue weighted by Crippen LogP contribution is -2.24. The van der Waals surface area contributed by atoms with Crippen molar-refractivity contribution in [1.82, 2.24) is 14.7 Å². The maximum absolute atomic E-state index is 13.4. The van der Waals surface area contributed by atoms with Gasteiger partial charge in [0.2, 0.25) is 0 Å². The van der Waals surface area contributed by atoms with Crippen LogP contribution in [0.1, 0.15) is 33.0 Å². The summed E-state index contributed by atoms with van der Waals surface area (Å²) in [6.07, 6.45) is 0. The third kappa shape index (κ3) is 3.40. The summed E-state index contributed by atoms with van der Waals surface area (Å²) in [5.74, 6) is 1.47. The third-order valence-electron chi connectivity index (χ3n) is 4.96. The van der Waals surface area contributed by atoms with E-state index in [9.17, 15) is 4.79 Å². The van der Waals surface area contributed by atoms with E-state index in [1.54, 1.807) is 27.7 Å². The van der Waals surface area contributed by atoms with Gasteiger partial charge in [-0.1, -0.05) is 47.3 Å². The first kappa shape index (κ1) is 19.0. The number of aromatic nitrogens is 3. The molecule has 3 heterocycles. The van der Waals surface area contributed by atoms with Gasteiger partial charge < -0.3 is 4.52 Å². The minimum atomic E-state index is 0.0250. The van der Waals surface area contributed by atoms with E-state index < -0.39 is 0 Å². The average Bonchev–Trinajstić information content (AvgIpc) is 3.15. The Morgan fingerprint density at radius 1 is 1.14 bits per heavy atom. The van der Waals surface area contributed by atoms with E-state index in [1.165, 1.54) is 0 Å². The lowest BCUT2D eigenvalue weighted by atomic mass is 10.2. The second-order valence-corrected chi connectivity index (χ2v) is 8.97. The van der Waals surface area contributed by atoms with E-state index in [0.717, 1.165) is 48.4 Å². The zero-order valence-corrected chi connectivity index (χ0v) is 17.9. The average molecular weight is 412 g/mol. The Labute approximate surface area is 171 Å². The molecule has 144 valence electrons. The van der Waals surface area contributed by atoms with Crippen molar-refractivity contribution in [3.05, 3.63) is 73.7 Å². The second-order valence-electron chi connectivity index (χ2n) is 6.83. The number of hydrogen-bond donors (Lipinski definition) is 0. The number of nitrogens with zero attached hydrogens (tertiary/aromatic N) is 3. The molecule has 28 heavy (non-hydrogen) atoms. The fourth-order valence-corrected chi connectivity index (χ4v) is 5.39. The summed E-state index contributed by atoms with van der Waals surface area (Å²) in [5, 5.41) is 5.49. The minimum Gasteiger partial charge on any atom is -0.361 e. The van der Waals surface area contributed by atoms with E-state index in [2.05, 4.69) is 5.16 Å². The molecule has 0 saturated carbocycles. The lowest BCUT2D eigenvalue weighted by Gasteiger charge is -2.12. The predicted molar refractivity (Wildman–Crippen MR) is 114 cm³/mol. The molecule has 0 spiro atoms. The summed E-state index contributed by atoms with van der Waals surface area (Å²) in [6, 6.07) is 10.0. The number of benzene rings is 1. The molecule has 0 radical (unpaired) electrons. The van der Waals surface area contributed by atoms with E-state index >= 15 is 0 Å². The van der Waals surface area contributed by atoms with Gasteiger partial charge in [0.15, 0.2) is 5.16 Å². The Morgan fingerprint density at radius 3 is 2.57 bits per heavy atom. The van der Waals surface area contributed by atoms with Gasteiger partial charge in [0.05, 0.1) is 17.6 Å². The zero-order chi connectivity index (χ0) is 19.8. The highest BCUT2D eigenvalue weighted by molar-refractivity contribution is 7.98. The van der Waals surface area contributed by atoms with Gasteiger partial charge >= 0.3 is 0 Å². The van der Waals surface area contributed by atoms with Crippen molar-refractivity contribution in [3.8, 4) is 0 Å². The molecule has 5 nitrogen and oxygen atoms in total. The molecule has 0 saturated heterocycles. The van der Waals surface area contributed by atoms with Crippen LogP contribution in [0.2, 0.25) is 0 Å². The largest absolute Gasteiger partial charge is 0.361 e. The van der Waals surface area contributed by atoms with Gasteiger partial charge in [-0.15, -0.1) is 11.3 Å². The fourth-order valence-electron chi connectivity index (χ4n) is 3.17. The summed E-state index contributed by atoms with van der Waals surface area (Å²) in [7, 11) is 0. The Morgan fingerprint density at radius 2 is 1.89 bits per heavy atom. The van der Waals surface area contributed by atoms with Crippen LogP contribution in [0.3, 0.4) is 0 Å². The molecular weight excluding hydrogens is 390 g/mol. The van der Waals surface area contributed by atoms with E-state index in [4.69, 9.17) is 9.51 Å². The standard InChI is InChI=1S/C21H21N3O2S2/c1-12-15(4)28-19-18(12)20(25)24(10-16-8-6-5-7-9-16)21(22-19)27-11-17-13(2)23-26-14(17)3/h5-9H,10-11H2,1-4H3. The van der Waals surface area contributed by atoms with Gasteiger partial charge in [-0.2, -0.15) is 0 Å².